The highest BCUT2D eigenvalue weighted by Crippen LogP contribution is 2.20. The molecule has 0 spiro atoms. The van der Waals surface area contributed by atoms with Crippen LogP contribution in [0.3, 0.4) is 0 Å². The van der Waals surface area contributed by atoms with Crippen molar-refractivity contribution in [2.75, 3.05) is 26.1 Å². The summed E-state index contributed by atoms with van der Waals surface area (Å²) < 4.78 is 6.35. The first-order chi connectivity index (χ1) is 10.6. The van der Waals surface area contributed by atoms with E-state index in [4.69, 9.17) is 4.74 Å². The Morgan fingerprint density at radius 3 is 2.55 bits per heavy atom. The van der Waals surface area contributed by atoms with Crippen molar-refractivity contribution in [3.8, 4) is 11.4 Å². The average Bonchev–Trinajstić information content (AvgIpc) is 2.97. The molecule has 0 aliphatic heterocycles. The fraction of sp³-hybridized carbons (Fsp3) is 0.188. The van der Waals surface area contributed by atoms with Crippen molar-refractivity contribution in [3.63, 3.8) is 0 Å². The maximum atomic E-state index is 11.6. The van der Waals surface area contributed by atoms with E-state index in [1.807, 2.05) is 43.3 Å². The Balaban J connectivity index is 1.99. The Morgan fingerprint density at radius 2 is 1.91 bits per heavy atom. The van der Waals surface area contributed by atoms with Gasteiger partial charge >= 0.3 is 5.97 Å². The number of anilines is 1. The maximum Gasteiger partial charge on any atom is 0.338 e. The van der Waals surface area contributed by atoms with Crippen molar-refractivity contribution in [1.82, 2.24) is 14.6 Å². The molecule has 22 heavy (non-hydrogen) atoms. The Bertz CT molecular complexity index is 822. The highest BCUT2D eigenvalue weighted by atomic mass is 16.5. The van der Waals surface area contributed by atoms with Crippen molar-refractivity contribution < 1.29 is 9.53 Å². The van der Waals surface area contributed by atoms with E-state index in [9.17, 15) is 4.79 Å². The Hall–Kier alpha value is -2.89. The molecule has 0 saturated carbocycles. The van der Waals surface area contributed by atoms with Gasteiger partial charge in [-0.2, -0.15) is 0 Å². The molecule has 0 aliphatic carbocycles. The molecular weight excluding hydrogens is 280 g/mol. The number of methoxy groups -OCH3 is 1. The molecule has 0 bridgehead atoms. The number of esters is 1. The van der Waals surface area contributed by atoms with E-state index in [0.29, 0.717) is 17.0 Å². The van der Waals surface area contributed by atoms with E-state index >= 15 is 0 Å². The molecule has 6 nitrogen and oxygen atoms in total. The minimum atomic E-state index is -0.387. The second-order valence-corrected chi connectivity index (χ2v) is 5.09. The highest BCUT2D eigenvalue weighted by molar-refractivity contribution is 5.90. The number of carbonyl (C=O) groups is 1. The summed E-state index contributed by atoms with van der Waals surface area (Å²) in [5, 5.41) is 4.42. The second kappa shape index (κ2) is 5.48. The third-order valence-electron chi connectivity index (χ3n) is 3.40. The van der Waals surface area contributed by atoms with E-state index in [-0.39, 0.29) is 5.97 Å². The highest BCUT2D eigenvalue weighted by Gasteiger charge is 2.10. The second-order valence-electron chi connectivity index (χ2n) is 5.09. The number of hydrogen-bond donors (Lipinski definition) is 0. The first kappa shape index (κ1) is 14.1. The number of benzene rings is 1. The lowest BCUT2D eigenvalue weighted by Crippen LogP contribution is -2.07. The number of ether oxygens (including phenoxy) is 1. The fourth-order valence-electron chi connectivity index (χ4n) is 2.16. The predicted octanol–water partition coefficient (Wildman–Crippen LogP) is 2.25. The lowest BCUT2D eigenvalue weighted by atomic mass is 10.2. The molecule has 0 atom stereocenters. The lowest BCUT2D eigenvalue weighted by molar-refractivity contribution is 0.0600. The summed E-state index contributed by atoms with van der Waals surface area (Å²) in [7, 11) is 5.34. The molecule has 0 saturated heterocycles. The summed E-state index contributed by atoms with van der Waals surface area (Å²) in [4.78, 5) is 18.0. The maximum absolute atomic E-state index is 11.6. The summed E-state index contributed by atoms with van der Waals surface area (Å²) in [6.07, 6.45) is 1.70. The normalized spacial score (nSPS) is 10.7. The molecule has 2 heterocycles. The van der Waals surface area contributed by atoms with Crippen LogP contribution in [0.15, 0.2) is 42.6 Å². The number of pyridine rings is 1. The van der Waals surface area contributed by atoms with Gasteiger partial charge in [-0.15, -0.1) is 5.10 Å². The minimum absolute atomic E-state index is 0.387. The van der Waals surface area contributed by atoms with Crippen LogP contribution in [0.5, 0.6) is 0 Å². The third kappa shape index (κ3) is 2.50. The van der Waals surface area contributed by atoms with Crippen molar-refractivity contribution in [2.24, 2.45) is 0 Å². The zero-order valence-electron chi connectivity index (χ0n) is 12.6. The number of fused-ring (bicyclic) bond motifs is 1. The molecule has 0 unspecified atom stereocenters. The van der Waals surface area contributed by atoms with Crippen LogP contribution >= 0.6 is 0 Å². The van der Waals surface area contributed by atoms with Gasteiger partial charge in [0.2, 0.25) is 0 Å². The molecule has 3 aromatic rings. The number of aromatic nitrogens is 3. The Morgan fingerprint density at radius 1 is 1.18 bits per heavy atom. The quantitative estimate of drug-likeness (QED) is 0.694. The van der Waals surface area contributed by atoms with Crippen LogP contribution in [0, 0.1) is 0 Å². The monoisotopic (exact) mass is 296 g/mol. The molecule has 1 aromatic carbocycles. The van der Waals surface area contributed by atoms with Gasteiger partial charge in [-0.05, 0) is 36.4 Å². The minimum Gasteiger partial charge on any atom is -0.465 e. The van der Waals surface area contributed by atoms with Crippen LogP contribution in [-0.2, 0) is 4.74 Å². The first-order valence-electron chi connectivity index (χ1n) is 6.81. The molecule has 2 aromatic heterocycles. The van der Waals surface area contributed by atoms with Crippen molar-refractivity contribution >= 4 is 17.3 Å². The number of rotatable bonds is 3. The van der Waals surface area contributed by atoms with Gasteiger partial charge in [-0.1, -0.05) is 0 Å². The molecule has 0 N–H and O–H groups in total. The standard InChI is InChI=1S/C16H16N4O2/c1-19(2)13-6-4-11(5-7-13)15-17-14-10-12(16(21)22-3)8-9-20(14)18-15/h4-10H,1-3H3. The predicted molar refractivity (Wildman–Crippen MR) is 84.1 cm³/mol. The van der Waals surface area contributed by atoms with E-state index in [1.54, 1.807) is 22.8 Å². The van der Waals surface area contributed by atoms with Crippen LogP contribution in [0.2, 0.25) is 0 Å². The third-order valence-corrected chi connectivity index (χ3v) is 3.40. The molecular formula is C16H16N4O2. The Kier molecular flexibility index (Phi) is 3.50. The smallest absolute Gasteiger partial charge is 0.338 e. The molecule has 6 heteroatoms. The van der Waals surface area contributed by atoms with Gasteiger partial charge < -0.3 is 9.64 Å². The van der Waals surface area contributed by atoms with Crippen molar-refractivity contribution in [1.29, 1.82) is 0 Å². The number of carbonyl (C=O) groups excluding carboxylic acids is 1. The van der Waals surface area contributed by atoms with Crippen LogP contribution < -0.4 is 4.90 Å². The zero-order chi connectivity index (χ0) is 15.7. The first-order valence-corrected chi connectivity index (χ1v) is 6.81. The van der Waals surface area contributed by atoms with Crippen LogP contribution in [-0.4, -0.2) is 41.8 Å². The summed E-state index contributed by atoms with van der Waals surface area (Å²) in [5.41, 5.74) is 3.10. The van der Waals surface area contributed by atoms with E-state index in [0.717, 1.165) is 11.3 Å². The van der Waals surface area contributed by atoms with Gasteiger partial charge in [0.1, 0.15) is 0 Å². The van der Waals surface area contributed by atoms with Gasteiger partial charge in [-0.25, -0.2) is 14.3 Å². The molecule has 0 amide bonds. The summed E-state index contributed by atoms with van der Waals surface area (Å²) in [6, 6.07) is 11.3. The van der Waals surface area contributed by atoms with Crippen molar-refractivity contribution in [3.05, 3.63) is 48.2 Å². The van der Waals surface area contributed by atoms with Gasteiger partial charge in [0.25, 0.3) is 0 Å². The Labute approximate surface area is 128 Å². The molecule has 0 radical (unpaired) electrons. The summed E-state index contributed by atoms with van der Waals surface area (Å²) in [5.74, 6) is 0.231. The van der Waals surface area contributed by atoms with Gasteiger partial charge in [0.05, 0.1) is 12.7 Å². The summed E-state index contributed by atoms with van der Waals surface area (Å²) >= 11 is 0. The van der Waals surface area contributed by atoms with E-state index in [2.05, 4.69) is 10.1 Å². The largest absolute Gasteiger partial charge is 0.465 e. The topological polar surface area (TPSA) is 59.7 Å². The van der Waals surface area contributed by atoms with E-state index < -0.39 is 0 Å². The van der Waals surface area contributed by atoms with Crippen LogP contribution in [0.25, 0.3) is 17.0 Å². The van der Waals surface area contributed by atoms with Gasteiger partial charge in [-0.3, -0.25) is 0 Å². The molecule has 0 aliphatic rings. The van der Waals surface area contributed by atoms with Crippen LogP contribution in [0.4, 0.5) is 5.69 Å². The molecule has 112 valence electrons. The average molecular weight is 296 g/mol. The molecule has 3 rings (SSSR count). The fourth-order valence-corrected chi connectivity index (χ4v) is 2.16. The van der Waals surface area contributed by atoms with Gasteiger partial charge in [0, 0.05) is 31.5 Å². The van der Waals surface area contributed by atoms with Gasteiger partial charge in [0.15, 0.2) is 11.5 Å². The van der Waals surface area contributed by atoms with Crippen molar-refractivity contribution in [2.45, 2.75) is 0 Å². The lowest BCUT2D eigenvalue weighted by Gasteiger charge is -2.11. The zero-order valence-corrected chi connectivity index (χ0v) is 12.6. The molecule has 0 fully saturated rings. The number of hydrogen-bond acceptors (Lipinski definition) is 5. The van der Waals surface area contributed by atoms with Crippen LogP contribution in [0.1, 0.15) is 10.4 Å². The summed E-state index contributed by atoms with van der Waals surface area (Å²) in [6.45, 7) is 0. The SMILES string of the molecule is COC(=O)c1ccn2nc(-c3ccc(N(C)C)cc3)nc2c1. The van der Waals surface area contributed by atoms with E-state index in [1.165, 1.54) is 7.11 Å². The number of nitrogens with zero attached hydrogens (tertiary/aromatic N) is 4.